The Balaban J connectivity index is 2.05. The lowest BCUT2D eigenvalue weighted by Crippen LogP contribution is -2.38. The lowest BCUT2D eigenvalue weighted by Gasteiger charge is -2.38. The number of hydrogen-bond acceptors (Lipinski definition) is 4. The maximum absolute atomic E-state index is 13.3. The van der Waals surface area contributed by atoms with Crippen molar-refractivity contribution in [1.82, 2.24) is 9.88 Å². The first-order valence-electron chi connectivity index (χ1n) is 11.0. The van der Waals surface area contributed by atoms with Gasteiger partial charge >= 0.3 is 6.09 Å². The van der Waals surface area contributed by atoms with E-state index in [1.54, 1.807) is 11.1 Å². The largest absolute Gasteiger partial charge is 0.443 e. The van der Waals surface area contributed by atoms with E-state index < -0.39 is 11.7 Å². The third-order valence-corrected chi connectivity index (χ3v) is 5.19. The van der Waals surface area contributed by atoms with Crippen molar-refractivity contribution >= 4 is 17.6 Å². The van der Waals surface area contributed by atoms with Gasteiger partial charge in [-0.05, 0) is 64.3 Å². The first-order valence-corrected chi connectivity index (χ1v) is 11.0. The predicted octanol–water partition coefficient (Wildman–Crippen LogP) is 6.34. The van der Waals surface area contributed by atoms with Crippen LogP contribution in [-0.4, -0.2) is 34.7 Å². The van der Waals surface area contributed by atoms with E-state index in [0.29, 0.717) is 11.7 Å². The number of carbonyl (C=O) groups excluding carboxylic acids is 1. The Bertz CT molecular complexity index is 830. The van der Waals surface area contributed by atoms with Crippen molar-refractivity contribution in [2.24, 2.45) is 5.92 Å². The monoisotopic (exact) mass is 409 g/mol. The molecule has 2 heterocycles. The summed E-state index contributed by atoms with van der Waals surface area (Å²) in [6.45, 7) is 12.3. The molecule has 1 aromatic heterocycles. The zero-order valence-corrected chi connectivity index (χ0v) is 19.0. The maximum Gasteiger partial charge on any atom is 0.420 e. The minimum atomic E-state index is -0.590. The standard InChI is InChI=1S/C25H35N3O2/c1-19(2)18-27-17-10-9-15-22(27)21-14-11-16-26-23(21)28(20-12-7-6-8-13-20)24(29)30-25(3,4)5/h6-8,11-14,16,19,22H,9-10,15,17-18H2,1-5H3/t22-/m0/s1. The highest BCUT2D eigenvalue weighted by molar-refractivity contribution is 5.96. The molecule has 5 nitrogen and oxygen atoms in total. The van der Waals surface area contributed by atoms with E-state index in [1.165, 1.54) is 12.8 Å². The summed E-state index contributed by atoms with van der Waals surface area (Å²) < 4.78 is 5.78. The molecular formula is C25H35N3O2. The Morgan fingerprint density at radius 2 is 1.90 bits per heavy atom. The predicted molar refractivity (Wildman–Crippen MR) is 122 cm³/mol. The zero-order valence-electron chi connectivity index (χ0n) is 19.0. The molecule has 5 heteroatoms. The van der Waals surface area contributed by atoms with Crippen LogP contribution in [0.25, 0.3) is 0 Å². The fraction of sp³-hybridized carbons (Fsp3) is 0.520. The molecule has 0 unspecified atom stereocenters. The van der Waals surface area contributed by atoms with Gasteiger partial charge in [0.15, 0.2) is 0 Å². The Morgan fingerprint density at radius 3 is 2.57 bits per heavy atom. The fourth-order valence-corrected chi connectivity index (χ4v) is 4.09. The number of amides is 1. The first-order chi connectivity index (χ1) is 14.3. The van der Waals surface area contributed by atoms with E-state index in [0.717, 1.165) is 30.8 Å². The summed E-state index contributed by atoms with van der Waals surface area (Å²) in [4.78, 5) is 22.2. The van der Waals surface area contributed by atoms with E-state index in [-0.39, 0.29) is 6.04 Å². The molecule has 3 rings (SSSR count). The van der Waals surface area contributed by atoms with Crippen molar-refractivity contribution in [3.63, 3.8) is 0 Å². The molecule has 2 aromatic rings. The summed E-state index contributed by atoms with van der Waals surface area (Å²) >= 11 is 0. The van der Waals surface area contributed by atoms with Gasteiger partial charge in [-0.2, -0.15) is 0 Å². The van der Waals surface area contributed by atoms with Crippen LogP contribution in [0.2, 0.25) is 0 Å². The molecule has 0 aliphatic carbocycles. The number of likely N-dealkylation sites (tertiary alicyclic amines) is 1. The van der Waals surface area contributed by atoms with Gasteiger partial charge in [-0.15, -0.1) is 0 Å². The van der Waals surface area contributed by atoms with Gasteiger partial charge in [0.2, 0.25) is 0 Å². The Kier molecular flexibility index (Phi) is 7.14. The van der Waals surface area contributed by atoms with Crippen molar-refractivity contribution < 1.29 is 9.53 Å². The van der Waals surface area contributed by atoms with Gasteiger partial charge in [-0.25, -0.2) is 14.7 Å². The molecule has 1 aliphatic heterocycles. The summed E-state index contributed by atoms with van der Waals surface area (Å²) in [6.07, 6.45) is 4.83. The summed E-state index contributed by atoms with van der Waals surface area (Å²) in [5.74, 6) is 1.25. The minimum Gasteiger partial charge on any atom is -0.443 e. The van der Waals surface area contributed by atoms with Crippen molar-refractivity contribution in [3.05, 3.63) is 54.2 Å². The molecular weight excluding hydrogens is 374 g/mol. The number of para-hydroxylation sites is 1. The van der Waals surface area contributed by atoms with E-state index in [4.69, 9.17) is 9.72 Å². The third-order valence-electron chi connectivity index (χ3n) is 5.19. The Labute approximate surface area is 181 Å². The molecule has 1 aromatic carbocycles. The number of carbonyl (C=O) groups is 1. The number of piperidine rings is 1. The Morgan fingerprint density at radius 1 is 1.17 bits per heavy atom. The number of hydrogen-bond donors (Lipinski definition) is 0. The number of anilines is 2. The van der Waals surface area contributed by atoms with Crippen LogP contribution in [0, 0.1) is 5.92 Å². The number of aromatic nitrogens is 1. The topological polar surface area (TPSA) is 45.7 Å². The average Bonchev–Trinajstić information content (AvgIpc) is 2.68. The molecule has 162 valence electrons. The number of nitrogens with zero attached hydrogens (tertiary/aromatic N) is 3. The molecule has 1 aliphatic rings. The number of rotatable bonds is 5. The molecule has 1 amide bonds. The van der Waals surface area contributed by atoms with Crippen LogP contribution in [0.5, 0.6) is 0 Å². The smallest absolute Gasteiger partial charge is 0.420 e. The van der Waals surface area contributed by atoms with Crippen molar-refractivity contribution in [3.8, 4) is 0 Å². The van der Waals surface area contributed by atoms with Crippen molar-refractivity contribution in [1.29, 1.82) is 0 Å². The van der Waals surface area contributed by atoms with Gasteiger partial charge in [-0.3, -0.25) is 4.90 Å². The van der Waals surface area contributed by atoms with Crippen molar-refractivity contribution in [2.45, 2.75) is 65.5 Å². The number of pyridine rings is 1. The van der Waals surface area contributed by atoms with Crippen LogP contribution in [0.15, 0.2) is 48.7 Å². The Hall–Kier alpha value is -2.40. The normalized spacial score (nSPS) is 17.7. The average molecular weight is 410 g/mol. The van der Waals surface area contributed by atoms with Gasteiger partial charge in [0.05, 0.1) is 5.69 Å². The third kappa shape index (κ3) is 5.60. The van der Waals surface area contributed by atoms with Crippen LogP contribution < -0.4 is 4.90 Å². The lowest BCUT2D eigenvalue weighted by molar-refractivity contribution is 0.0597. The van der Waals surface area contributed by atoms with Crippen LogP contribution >= 0.6 is 0 Å². The van der Waals surface area contributed by atoms with Gasteiger partial charge in [0.25, 0.3) is 0 Å². The van der Waals surface area contributed by atoms with E-state index in [9.17, 15) is 4.79 Å². The van der Waals surface area contributed by atoms with Gasteiger partial charge < -0.3 is 4.74 Å². The van der Waals surface area contributed by atoms with E-state index >= 15 is 0 Å². The summed E-state index contributed by atoms with van der Waals surface area (Å²) in [5.41, 5.74) is 1.26. The van der Waals surface area contributed by atoms with Gasteiger partial charge in [0.1, 0.15) is 11.4 Å². The second-order valence-electron chi connectivity index (χ2n) is 9.47. The SMILES string of the molecule is CC(C)CN1CCCC[C@H]1c1cccnc1N(C(=O)OC(C)(C)C)c1ccccc1. The summed E-state index contributed by atoms with van der Waals surface area (Å²) in [6, 6.07) is 14.0. The van der Waals surface area contributed by atoms with E-state index in [2.05, 4.69) is 24.8 Å². The second-order valence-corrected chi connectivity index (χ2v) is 9.47. The molecule has 0 N–H and O–H groups in total. The second kappa shape index (κ2) is 9.61. The number of benzene rings is 1. The van der Waals surface area contributed by atoms with Crippen LogP contribution in [0.3, 0.4) is 0 Å². The first kappa shape index (κ1) is 22.3. The lowest BCUT2D eigenvalue weighted by atomic mass is 9.94. The highest BCUT2D eigenvalue weighted by Crippen LogP contribution is 2.38. The molecule has 1 atom stereocenters. The highest BCUT2D eigenvalue weighted by Gasteiger charge is 2.32. The van der Waals surface area contributed by atoms with Crippen LogP contribution in [-0.2, 0) is 4.74 Å². The molecule has 0 saturated carbocycles. The van der Waals surface area contributed by atoms with Crippen LogP contribution in [0.4, 0.5) is 16.3 Å². The molecule has 1 saturated heterocycles. The van der Waals surface area contributed by atoms with Gasteiger partial charge in [-0.1, -0.05) is 44.5 Å². The summed E-state index contributed by atoms with van der Waals surface area (Å²) in [7, 11) is 0. The molecule has 30 heavy (non-hydrogen) atoms. The molecule has 0 bridgehead atoms. The molecule has 1 fully saturated rings. The van der Waals surface area contributed by atoms with Crippen LogP contribution in [0.1, 0.15) is 65.5 Å². The minimum absolute atomic E-state index is 0.249. The highest BCUT2D eigenvalue weighted by atomic mass is 16.6. The summed E-state index contributed by atoms with van der Waals surface area (Å²) in [5, 5.41) is 0. The molecule has 0 radical (unpaired) electrons. The molecule has 0 spiro atoms. The van der Waals surface area contributed by atoms with Crippen molar-refractivity contribution in [2.75, 3.05) is 18.0 Å². The number of ether oxygens (including phenoxy) is 1. The fourth-order valence-electron chi connectivity index (χ4n) is 4.09. The van der Waals surface area contributed by atoms with Gasteiger partial charge in [0, 0.05) is 24.3 Å². The maximum atomic E-state index is 13.3. The zero-order chi connectivity index (χ0) is 21.7. The van der Waals surface area contributed by atoms with E-state index in [1.807, 2.05) is 57.2 Å². The quantitative estimate of drug-likeness (QED) is 0.578.